The van der Waals surface area contributed by atoms with Gasteiger partial charge < -0.3 is 9.64 Å². The van der Waals surface area contributed by atoms with Crippen molar-refractivity contribution in [3.63, 3.8) is 0 Å². The Bertz CT molecular complexity index is 591. The summed E-state index contributed by atoms with van der Waals surface area (Å²) in [6.45, 7) is 2.85. The van der Waals surface area contributed by atoms with Gasteiger partial charge in [0.25, 0.3) is 0 Å². The van der Waals surface area contributed by atoms with Crippen LogP contribution in [0.25, 0.3) is 6.08 Å². The molecule has 1 aliphatic heterocycles. The van der Waals surface area contributed by atoms with Crippen molar-refractivity contribution in [1.29, 1.82) is 0 Å². The third kappa shape index (κ3) is 3.00. The minimum absolute atomic E-state index is 0.228. The number of rotatable bonds is 3. The number of hydrogen-bond donors (Lipinski definition) is 0. The lowest BCUT2D eigenvalue weighted by atomic mass is 9.91. The molecule has 4 heteroatoms. The zero-order chi connectivity index (χ0) is 15.5. The van der Waals surface area contributed by atoms with Gasteiger partial charge in [-0.2, -0.15) is 0 Å². The molecular weight excluding hydrogens is 298 g/mol. The molecule has 1 heterocycles. The van der Waals surface area contributed by atoms with Crippen LogP contribution in [0, 0.1) is 0 Å². The van der Waals surface area contributed by atoms with E-state index in [4.69, 9.17) is 16.3 Å². The summed E-state index contributed by atoms with van der Waals surface area (Å²) in [7, 11) is 0. The predicted molar refractivity (Wildman–Crippen MR) is 90.3 cm³/mol. The number of halogens is 1. The summed E-state index contributed by atoms with van der Waals surface area (Å²) in [5.41, 5.74) is 2.80. The highest BCUT2D eigenvalue weighted by Gasteiger charge is 2.29. The summed E-state index contributed by atoms with van der Waals surface area (Å²) in [5, 5.41) is 0.694. The normalized spacial score (nSPS) is 18.6. The molecule has 22 heavy (non-hydrogen) atoms. The standard InChI is InChI=1S/C18H22ClNO2/c1-2-22-18(21)13-11-15-16(19)9-6-10-17(15)20(12-13)14-7-4-3-5-8-14/h6,9-11,14H,2-5,7-8,12H2,1H3. The second kappa shape index (κ2) is 6.74. The highest BCUT2D eigenvalue weighted by molar-refractivity contribution is 6.32. The molecule has 1 fully saturated rings. The van der Waals surface area contributed by atoms with E-state index in [9.17, 15) is 4.79 Å². The van der Waals surface area contributed by atoms with Gasteiger partial charge in [-0.15, -0.1) is 0 Å². The van der Waals surface area contributed by atoms with Crippen LogP contribution in [0.2, 0.25) is 5.02 Å². The summed E-state index contributed by atoms with van der Waals surface area (Å²) in [4.78, 5) is 14.5. The van der Waals surface area contributed by atoms with Gasteiger partial charge in [0, 0.05) is 22.3 Å². The van der Waals surface area contributed by atoms with E-state index in [1.807, 2.05) is 25.1 Å². The van der Waals surface area contributed by atoms with Crippen LogP contribution >= 0.6 is 11.6 Å². The smallest absolute Gasteiger partial charge is 0.335 e. The molecule has 0 spiro atoms. The number of anilines is 1. The van der Waals surface area contributed by atoms with Gasteiger partial charge in [-0.05, 0) is 38.0 Å². The van der Waals surface area contributed by atoms with Crippen molar-refractivity contribution >= 4 is 29.3 Å². The maximum atomic E-state index is 12.2. The lowest BCUT2D eigenvalue weighted by molar-refractivity contribution is -0.138. The Hall–Kier alpha value is -1.48. The van der Waals surface area contributed by atoms with Gasteiger partial charge in [0.15, 0.2) is 0 Å². The van der Waals surface area contributed by atoms with Gasteiger partial charge in [-0.25, -0.2) is 4.79 Å². The first kappa shape index (κ1) is 15.4. The molecule has 0 N–H and O–H groups in total. The quantitative estimate of drug-likeness (QED) is 0.771. The van der Waals surface area contributed by atoms with Gasteiger partial charge in [-0.3, -0.25) is 0 Å². The zero-order valence-corrected chi connectivity index (χ0v) is 13.7. The van der Waals surface area contributed by atoms with E-state index in [1.165, 1.54) is 32.1 Å². The van der Waals surface area contributed by atoms with E-state index < -0.39 is 0 Å². The van der Waals surface area contributed by atoms with E-state index >= 15 is 0 Å². The van der Waals surface area contributed by atoms with Gasteiger partial charge in [-0.1, -0.05) is 36.9 Å². The molecule has 0 unspecified atom stereocenters. The number of carbonyl (C=O) groups is 1. The van der Waals surface area contributed by atoms with Crippen LogP contribution in [0.4, 0.5) is 5.69 Å². The van der Waals surface area contributed by atoms with Crippen LogP contribution in [0.15, 0.2) is 23.8 Å². The molecule has 1 aromatic carbocycles. The maximum absolute atomic E-state index is 12.2. The number of nitrogens with zero attached hydrogens (tertiary/aromatic N) is 1. The highest BCUT2D eigenvalue weighted by Crippen LogP contribution is 2.38. The van der Waals surface area contributed by atoms with Crippen molar-refractivity contribution in [3.05, 3.63) is 34.4 Å². The Kier molecular flexibility index (Phi) is 4.72. The van der Waals surface area contributed by atoms with Crippen LogP contribution in [0.5, 0.6) is 0 Å². The molecule has 0 aromatic heterocycles. The summed E-state index contributed by atoms with van der Waals surface area (Å²) >= 11 is 6.37. The molecule has 1 aromatic rings. The van der Waals surface area contributed by atoms with Crippen LogP contribution in [0.3, 0.4) is 0 Å². The van der Waals surface area contributed by atoms with Gasteiger partial charge >= 0.3 is 5.97 Å². The Morgan fingerprint density at radius 2 is 2.09 bits per heavy atom. The van der Waals surface area contributed by atoms with Crippen LogP contribution < -0.4 is 4.90 Å². The van der Waals surface area contributed by atoms with E-state index in [1.54, 1.807) is 0 Å². The van der Waals surface area contributed by atoms with Crippen molar-refractivity contribution in [2.75, 3.05) is 18.1 Å². The maximum Gasteiger partial charge on any atom is 0.335 e. The minimum Gasteiger partial charge on any atom is -0.463 e. The van der Waals surface area contributed by atoms with Crippen molar-refractivity contribution in [2.45, 2.75) is 45.1 Å². The molecule has 3 rings (SSSR count). The Balaban J connectivity index is 1.97. The van der Waals surface area contributed by atoms with E-state index in [0.29, 0.717) is 29.8 Å². The topological polar surface area (TPSA) is 29.5 Å². The first-order valence-corrected chi connectivity index (χ1v) is 8.51. The van der Waals surface area contributed by atoms with E-state index in [0.717, 1.165) is 11.3 Å². The summed E-state index contributed by atoms with van der Waals surface area (Å²) < 4.78 is 5.19. The molecule has 118 valence electrons. The molecule has 1 saturated carbocycles. The van der Waals surface area contributed by atoms with Gasteiger partial charge in [0.05, 0.1) is 18.7 Å². The SMILES string of the molecule is CCOC(=O)C1=Cc2c(Cl)cccc2N(C2CCCCC2)C1. The second-order valence-corrected chi connectivity index (χ2v) is 6.39. The predicted octanol–water partition coefficient (Wildman–Crippen LogP) is 4.44. The van der Waals surface area contributed by atoms with Crippen LogP contribution in [0.1, 0.15) is 44.6 Å². The molecule has 3 nitrogen and oxygen atoms in total. The molecule has 0 amide bonds. The second-order valence-electron chi connectivity index (χ2n) is 5.98. The first-order chi connectivity index (χ1) is 10.7. The summed E-state index contributed by atoms with van der Waals surface area (Å²) in [5.74, 6) is -0.228. The minimum atomic E-state index is -0.228. The Labute approximate surface area is 136 Å². The van der Waals surface area contributed by atoms with Crippen molar-refractivity contribution in [1.82, 2.24) is 0 Å². The first-order valence-electron chi connectivity index (χ1n) is 8.13. The fourth-order valence-electron chi connectivity index (χ4n) is 3.47. The third-order valence-corrected chi connectivity index (χ3v) is 4.88. The van der Waals surface area contributed by atoms with Crippen molar-refractivity contribution < 1.29 is 9.53 Å². The fraction of sp³-hybridized carbons (Fsp3) is 0.500. The number of carbonyl (C=O) groups excluding carboxylic acids is 1. The van der Waals surface area contributed by atoms with Gasteiger partial charge in [0.1, 0.15) is 0 Å². The highest BCUT2D eigenvalue weighted by atomic mass is 35.5. The van der Waals surface area contributed by atoms with Crippen molar-refractivity contribution in [3.8, 4) is 0 Å². The average Bonchev–Trinajstić information content (AvgIpc) is 2.55. The molecule has 0 radical (unpaired) electrons. The monoisotopic (exact) mass is 319 g/mol. The third-order valence-electron chi connectivity index (χ3n) is 4.55. The molecule has 1 aliphatic carbocycles. The van der Waals surface area contributed by atoms with Gasteiger partial charge in [0.2, 0.25) is 0 Å². The molecule has 0 bridgehead atoms. The fourth-order valence-corrected chi connectivity index (χ4v) is 3.70. The van der Waals surface area contributed by atoms with E-state index in [2.05, 4.69) is 11.0 Å². The molecule has 0 atom stereocenters. The Morgan fingerprint density at radius 1 is 1.32 bits per heavy atom. The Morgan fingerprint density at radius 3 is 2.82 bits per heavy atom. The summed E-state index contributed by atoms with van der Waals surface area (Å²) in [6.07, 6.45) is 8.09. The zero-order valence-electron chi connectivity index (χ0n) is 13.0. The number of hydrogen-bond acceptors (Lipinski definition) is 3. The summed E-state index contributed by atoms with van der Waals surface area (Å²) in [6, 6.07) is 6.46. The molecule has 2 aliphatic rings. The van der Waals surface area contributed by atoms with Crippen LogP contribution in [-0.4, -0.2) is 25.2 Å². The lowest BCUT2D eigenvalue weighted by Crippen LogP contribution is -2.41. The number of benzene rings is 1. The number of ether oxygens (including phenoxy) is 1. The number of fused-ring (bicyclic) bond motifs is 1. The lowest BCUT2D eigenvalue weighted by Gasteiger charge is -2.39. The molecule has 0 saturated heterocycles. The van der Waals surface area contributed by atoms with E-state index in [-0.39, 0.29) is 5.97 Å². The van der Waals surface area contributed by atoms with Crippen LogP contribution in [-0.2, 0) is 9.53 Å². The van der Waals surface area contributed by atoms with Crippen molar-refractivity contribution in [2.24, 2.45) is 0 Å². The average molecular weight is 320 g/mol. The number of esters is 1. The largest absolute Gasteiger partial charge is 0.463 e. The molecular formula is C18H22ClNO2.